The van der Waals surface area contributed by atoms with Crippen LogP contribution in [0.1, 0.15) is 19.8 Å². The summed E-state index contributed by atoms with van der Waals surface area (Å²) in [5, 5.41) is 9.80. The Kier molecular flexibility index (Phi) is 4.43. The summed E-state index contributed by atoms with van der Waals surface area (Å²) in [6.45, 7) is 10.9. The topological polar surface area (TPSA) is 36.1 Å². The van der Waals surface area contributed by atoms with Gasteiger partial charge in [-0.1, -0.05) is 13.2 Å². The third-order valence-corrected chi connectivity index (χ3v) is 2.76. The van der Waals surface area contributed by atoms with Gasteiger partial charge in [-0.05, 0) is 32.4 Å². The zero-order chi connectivity index (χ0) is 11.3. The van der Waals surface area contributed by atoms with Crippen molar-refractivity contribution in [2.75, 3.05) is 13.6 Å². The van der Waals surface area contributed by atoms with E-state index in [1.54, 1.807) is 0 Å². The molecule has 1 atom stereocenters. The second kappa shape index (κ2) is 5.61. The molecule has 1 saturated heterocycles. The molecule has 1 heterocycles. The Hall–Kier alpha value is -1.22. The van der Waals surface area contributed by atoms with Crippen LogP contribution in [-0.2, 0) is 0 Å². The largest absolute Gasteiger partial charge is 0.390 e. The third kappa shape index (κ3) is 3.13. The molecule has 0 bridgehead atoms. The van der Waals surface area contributed by atoms with Gasteiger partial charge < -0.3 is 16.0 Å². The normalized spacial score (nSPS) is 21.9. The number of allylic oxidation sites excluding steroid dienone is 2. The lowest BCUT2D eigenvalue weighted by Gasteiger charge is -2.18. The van der Waals surface area contributed by atoms with Gasteiger partial charge in [-0.2, -0.15) is 0 Å². The summed E-state index contributed by atoms with van der Waals surface area (Å²) in [4.78, 5) is 0. The van der Waals surface area contributed by atoms with E-state index in [4.69, 9.17) is 0 Å². The third-order valence-electron chi connectivity index (χ3n) is 2.76. The molecule has 84 valence electrons. The van der Waals surface area contributed by atoms with Crippen LogP contribution in [0.15, 0.2) is 36.3 Å². The Balaban J connectivity index is 2.59. The highest BCUT2D eigenvalue weighted by atomic mass is 15.0. The van der Waals surface area contributed by atoms with Crippen molar-refractivity contribution >= 4 is 0 Å². The fourth-order valence-corrected chi connectivity index (χ4v) is 1.67. The highest BCUT2D eigenvalue weighted by molar-refractivity contribution is 5.25. The second-order valence-corrected chi connectivity index (χ2v) is 3.79. The van der Waals surface area contributed by atoms with Crippen molar-refractivity contribution in [1.82, 2.24) is 16.0 Å². The number of hydrogen-bond donors (Lipinski definition) is 3. The molecule has 0 aromatic rings. The minimum atomic E-state index is 0.393. The molecule has 0 radical (unpaired) electrons. The summed E-state index contributed by atoms with van der Waals surface area (Å²) in [7, 11) is 1.90. The van der Waals surface area contributed by atoms with Gasteiger partial charge in [0.2, 0.25) is 0 Å². The molecule has 0 saturated carbocycles. The van der Waals surface area contributed by atoms with Crippen molar-refractivity contribution in [2.45, 2.75) is 25.8 Å². The molecule has 1 rings (SSSR count). The summed E-state index contributed by atoms with van der Waals surface area (Å²) in [6, 6.07) is 0.393. The van der Waals surface area contributed by atoms with Crippen LogP contribution in [0.4, 0.5) is 0 Å². The molecule has 1 unspecified atom stereocenters. The molecule has 3 heteroatoms. The Bertz CT molecular complexity index is 273. The lowest BCUT2D eigenvalue weighted by atomic mass is 10.1. The van der Waals surface area contributed by atoms with Gasteiger partial charge in [0.25, 0.3) is 0 Å². The Morgan fingerprint density at radius 3 is 2.73 bits per heavy atom. The molecular formula is C12H21N3. The fraction of sp³-hybridized carbons (Fsp3) is 0.500. The minimum Gasteiger partial charge on any atom is -0.390 e. The predicted octanol–water partition coefficient (Wildman–Crippen LogP) is 1.48. The van der Waals surface area contributed by atoms with E-state index in [0.717, 1.165) is 30.1 Å². The molecule has 3 nitrogen and oxygen atoms in total. The molecule has 0 amide bonds. The predicted molar refractivity (Wildman–Crippen MR) is 65.3 cm³/mol. The van der Waals surface area contributed by atoms with Crippen LogP contribution in [0.2, 0.25) is 0 Å². The number of rotatable bonds is 5. The maximum Gasteiger partial charge on any atom is 0.0565 e. The average Bonchev–Trinajstić information content (AvgIpc) is 2.77. The first-order chi connectivity index (χ1) is 7.19. The smallest absolute Gasteiger partial charge is 0.0565 e. The number of hydrogen-bond acceptors (Lipinski definition) is 3. The van der Waals surface area contributed by atoms with E-state index in [2.05, 4.69) is 29.1 Å². The van der Waals surface area contributed by atoms with Crippen LogP contribution in [0.3, 0.4) is 0 Å². The maximum absolute atomic E-state index is 4.06. The van der Waals surface area contributed by atoms with Gasteiger partial charge in [0, 0.05) is 24.5 Å². The first-order valence-electron chi connectivity index (χ1n) is 5.39. The first kappa shape index (κ1) is 11.9. The van der Waals surface area contributed by atoms with Gasteiger partial charge in [-0.3, -0.25) is 0 Å². The van der Waals surface area contributed by atoms with E-state index in [9.17, 15) is 0 Å². The Labute approximate surface area is 92.3 Å². The maximum atomic E-state index is 4.06. The van der Waals surface area contributed by atoms with Crippen molar-refractivity contribution in [3.05, 3.63) is 36.3 Å². The summed E-state index contributed by atoms with van der Waals surface area (Å²) in [5.41, 5.74) is 3.09. The van der Waals surface area contributed by atoms with Gasteiger partial charge in [0.15, 0.2) is 0 Å². The molecule has 1 aliphatic rings. The van der Waals surface area contributed by atoms with Crippen LogP contribution >= 0.6 is 0 Å². The summed E-state index contributed by atoms with van der Waals surface area (Å²) >= 11 is 0. The van der Waals surface area contributed by atoms with Crippen LogP contribution in [0.5, 0.6) is 0 Å². The van der Waals surface area contributed by atoms with E-state index in [1.165, 1.54) is 6.42 Å². The first-order valence-corrected chi connectivity index (χ1v) is 5.39. The quantitative estimate of drug-likeness (QED) is 0.598. The molecule has 0 spiro atoms. The van der Waals surface area contributed by atoms with Crippen LogP contribution in [0.25, 0.3) is 0 Å². The Morgan fingerprint density at radius 1 is 1.53 bits per heavy atom. The molecule has 0 aliphatic carbocycles. The van der Waals surface area contributed by atoms with Gasteiger partial charge in [0.05, 0.1) is 5.70 Å². The molecule has 1 aliphatic heterocycles. The van der Waals surface area contributed by atoms with Gasteiger partial charge in [0.1, 0.15) is 0 Å². The standard InChI is InChI=1S/C12H21N3/c1-5-11(9(2)13-4)15-10(3)12-7-6-8-14-12/h5,12-15H,1,3,6-8H2,2,4H3/b11-9+. The van der Waals surface area contributed by atoms with Crippen LogP contribution in [-0.4, -0.2) is 19.6 Å². The highest BCUT2D eigenvalue weighted by Gasteiger charge is 2.17. The molecule has 15 heavy (non-hydrogen) atoms. The minimum absolute atomic E-state index is 0.393. The lowest BCUT2D eigenvalue weighted by Crippen LogP contribution is -2.31. The molecular weight excluding hydrogens is 186 g/mol. The van der Waals surface area contributed by atoms with Crippen molar-refractivity contribution in [3.8, 4) is 0 Å². The number of nitrogens with one attached hydrogen (secondary N) is 3. The van der Waals surface area contributed by atoms with Crippen LogP contribution in [0, 0.1) is 0 Å². The molecule has 3 N–H and O–H groups in total. The zero-order valence-electron chi connectivity index (χ0n) is 9.69. The zero-order valence-corrected chi connectivity index (χ0v) is 9.69. The summed E-state index contributed by atoms with van der Waals surface area (Å²) in [5.74, 6) is 0. The fourth-order valence-electron chi connectivity index (χ4n) is 1.67. The van der Waals surface area contributed by atoms with E-state index >= 15 is 0 Å². The lowest BCUT2D eigenvalue weighted by molar-refractivity contribution is 0.651. The summed E-state index contributed by atoms with van der Waals surface area (Å²) in [6.07, 6.45) is 4.20. The van der Waals surface area contributed by atoms with E-state index in [1.807, 2.05) is 20.0 Å². The van der Waals surface area contributed by atoms with Gasteiger partial charge >= 0.3 is 0 Å². The van der Waals surface area contributed by atoms with E-state index in [-0.39, 0.29) is 0 Å². The van der Waals surface area contributed by atoms with Crippen molar-refractivity contribution < 1.29 is 0 Å². The van der Waals surface area contributed by atoms with E-state index < -0.39 is 0 Å². The Morgan fingerprint density at radius 2 is 2.27 bits per heavy atom. The van der Waals surface area contributed by atoms with Crippen LogP contribution < -0.4 is 16.0 Å². The van der Waals surface area contributed by atoms with Crippen molar-refractivity contribution in [3.63, 3.8) is 0 Å². The SMILES string of the molecule is C=C/C(NC(=C)C1CCCN1)=C(/C)NC. The summed E-state index contributed by atoms with van der Waals surface area (Å²) < 4.78 is 0. The average molecular weight is 207 g/mol. The van der Waals surface area contributed by atoms with E-state index in [0.29, 0.717) is 6.04 Å². The van der Waals surface area contributed by atoms with Crippen molar-refractivity contribution in [1.29, 1.82) is 0 Å². The molecule has 0 aromatic heterocycles. The molecule has 1 fully saturated rings. The van der Waals surface area contributed by atoms with Crippen molar-refractivity contribution in [2.24, 2.45) is 0 Å². The monoisotopic (exact) mass is 207 g/mol. The second-order valence-electron chi connectivity index (χ2n) is 3.79. The van der Waals surface area contributed by atoms with Gasteiger partial charge in [-0.15, -0.1) is 0 Å². The molecule has 0 aromatic carbocycles. The highest BCUT2D eigenvalue weighted by Crippen LogP contribution is 2.12. The van der Waals surface area contributed by atoms with Gasteiger partial charge in [-0.25, -0.2) is 0 Å².